The second-order valence-electron chi connectivity index (χ2n) is 0. The fourth-order valence-electron chi connectivity index (χ4n) is 0. The average Bonchev–Trinajstić information content (AvgIpc) is 1.00. The monoisotopic (exact) mass is 371 g/mol. The molecular formula is CoCuFeMnNiOZn. The molecule has 0 aliphatic rings. The van der Waals surface area contributed by atoms with Crippen molar-refractivity contribution < 1.29 is 107 Å². The molecule has 0 unspecified atom stereocenters. The Balaban J connectivity index is -0.000000000500. The van der Waals surface area contributed by atoms with Crippen LogP contribution in [0.2, 0.25) is 0 Å². The minimum absolute atomic E-state index is 0. The predicted octanol–water partition coefficient (Wildman–Crippen LogP) is -0.134. The summed E-state index contributed by atoms with van der Waals surface area (Å²) in [7, 11) is 0. The summed E-state index contributed by atoms with van der Waals surface area (Å²) in [5.41, 5.74) is 0. The zero-order chi connectivity index (χ0) is 2.00. The van der Waals surface area contributed by atoms with Gasteiger partial charge in [-0.25, -0.2) is 0 Å². The Morgan fingerprint density at radius 2 is 1.14 bits per heavy atom. The molecule has 0 saturated carbocycles. The van der Waals surface area contributed by atoms with Gasteiger partial charge in [0, 0.05) is 86.9 Å². The molecule has 0 atom stereocenters. The topological polar surface area (TPSA) is 17.1 Å². The van der Waals surface area contributed by atoms with E-state index < -0.39 is 0 Å². The Morgan fingerprint density at radius 3 is 1.14 bits per heavy atom. The van der Waals surface area contributed by atoms with Crippen LogP contribution in [0.3, 0.4) is 0 Å². The van der Waals surface area contributed by atoms with Gasteiger partial charge in [-0.3, -0.25) is 0 Å². The van der Waals surface area contributed by atoms with Gasteiger partial charge in [-0.15, -0.1) is 0 Å². The largest absolute Gasteiger partial charge is 0 e. The maximum atomic E-state index is 8.06. The molecule has 0 aliphatic heterocycles. The van der Waals surface area contributed by atoms with Gasteiger partial charge in [-0.2, -0.15) is 0 Å². The van der Waals surface area contributed by atoms with E-state index in [2.05, 4.69) is 0 Å². The molecular weight excluding hydrogens is 373 g/mol. The maximum Gasteiger partial charge on any atom is 0 e. The third-order valence-corrected chi connectivity index (χ3v) is 0. The zero-order valence-electron chi connectivity index (χ0n) is 2.80. The van der Waals surface area contributed by atoms with E-state index in [-0.39, 0.29) is 86.9 Å². The van der Waals surface area contributed by atoms with Crippen LogP contribution in [-0.2, 0) is 107 Å². The van der Waals surface area contributed by atoms with Gasteiger partial charge in [0.2, 0.25) is 0 Å². The SMILES string of the molecule is [Co].[Cu].[Fe].[Ni].[O]=[Mn].[Zn]. The van der Waals surface area contributed by atoms with Gasteiger partial charge in [-0.05, 0) is 0 Å². The Kier molecular flexibility index (Phi) is 467. The fraction of sp³-hybridized carbons (Fsp3) is 0. The van der Waals surface area contributed by atoms with Gasteiger partial charge in [-0.1, -0.05) is 0 Å². The number of hydrogen-bond donors (Lipinski definition) is 0. The van der Waals surface area contributed by atoms with Crippen LogP contribution in [0.1, 0.15) is 0 Å². The van der Waals surface area contributed by atoms with Crippen molar-refractivity contribution in [3.8, 4) is 0 Å². The maximum absolute atomic E-state index is 8.06. The Bertz CT molecular complexity index is 19.7. The van der Waals surface area contributed by atoms with E-state index in [4.69, 9.17) is 3.83 Å². The summed E-state index contributed by atoms with van der Waals surface area (Å²) in [6.07, 6.45) is 0. The molecule has 0 aromatic heterocycles. The molecule has 0 N–H and O–H groups in total. The van der Waals surface area contributed by atoms with Crippen LogP contribution in [-0.4, -0.2) is 0 Å². The molecule has 7 heavy (non-hydrogen) atoms. The van der Waals surface area contributed by atoms with Crippen molar-refractivity contribution in [3.05, 3.63) is 0 Å². The van der Waals surface area contributed by atoms with Crippen LogP contribution in [0, 0.1) is 0 Å². The average molecular weight is 373 g/mol. The third-order valence-electron chi connectivity index (χ3n) is 0. The van der Waals surface area contributed by atoms with Gasteiger partial charge in [0.15, 0.2) is 0 Å². The first-order valence-electron chi connectivity index (χ1n) is 0.154. The molecule has 0 amide bonds. The van der Waals surface area contributed by atoms with E-state index in [0.717, 1.165) is 0 Å². The van der Waals surface area contributed by atoms with Gasteiger partial charge in [0.05, 0.1) is 0 Å². The quantitative estimate of drug-likeness (QED) is 0.541. The standard InChI is InChI=1S/Co.Cu.Fe.Mn.Ni.O.Zn. The van der Waals surface area contributed by atoms with E-state index in [1.54, 1.807) is 15.9 Å². The molecule has 0 rings (SSSR count). The van der Waals surface area contributed by atoms with Crippen molar-refractivity contribution in [2.24, 2.45) is 0 Å². The van der Waals surface area contributed by atoms with E-state index >= 15 is 0 Å². The Morgan fingerprint density at radius 1 is 1.14 bits per heavy atom. The summed E-state index contributed by atoms with van der Waals surface area (Å²) in [6.45, 7) is 0. The molecule has 0 heterocycles. The Labute approximate surface area is 105 Å². The van der Waals surface area contributed by atoms with Gasteiger partial charge in [0.1, 0.15) is 0 Å². The minimum Gasteiger partial charge on any atom is 0 e. The Hall–Kier alpha value is 2.98. The van der Waals surface area contributed by atoms with Crippen LogP contribution in [0.4, 0.5) is 0 Å². The molecule has 0 fully saturated rings. The van der Waals surface area contributed by atoms with Crippen molar-refractivity contribution in [3.63, 3.8) is 0 Å². The van der Waals surface area contributed by atoms with Crippen molar-refractivity contribution >= 4 is 0 Å². The molecule has 1 nitrogen and oxygen atoms in total. The summed E-state index contributed by atoms with van der Waals surface area (Å²) in [5.74, 6) is 0. The van der Waals surface area contributed by atoms with Gasteiger partial charge in [0.25, 0.3) is 0 Å². The molecule has 53 valence electrons. The molecule has 0 bridgehead atoms. The molecule has 7 heteroatoms. The zero-order valence-corrected chi connectivity index (χ0v) is 11.0. The molecule has 0 aromatic rings. The fourth-order valence-corrected chi connectivity index (χ4v) is 0. The molecule has 0 aliphatic carbocycles. The van der Waals surface area contributed by atoms with Gasteiger partial charge >= 0.3 is 19.8 Å². The van der Waals surface area contributed by atoms with E-state index in [9.17, 15) is 0 Å². The molecule has 0 spiro atoms. The van der Waals surface area contributed by atoms with Crippen LogP contribution < -0.4 is 0 Å². The van der Waals surface area contributed by atoms with E-state index in [1.165, 1.54) is 0 Å². The van der Waals surface area contributed by atoms with Gasteiger partial charge < -0.3 is 0 Å². The van der Waals surface area contributed by atoms with E-state index in [1.807, 2.05) is 0 Å². The van der Waals surface area contributed by atoms with E-state index in [0.29, 0.717) is 0 Å². The van der Waals surface area contributed by atoms with Crippen LogP contribution in [0.15, 0.2) is 0 Å². The number of hydrogen-bond acceptors (Lipinski definition) is 1. The molecule has 0 aromatic carbocycles. The minimum atomic E-state index is 0. The normalized spacial score (nSPS) is 0.571. The van der Waals surface area contributed by atoms with Crippen molar-refractivity contribution in [1.82, 2.24) is 0 Å². The van der Waals surface area contributed by atoms with Crippen molar-refractivity contribution in [2.45, 2.75) is 0 Å². The second-order valence-corrected chi connectivity index (χ2v) is 0. The number of rotatable bonds is 0. The summed E-state index contributed by atoms with van der Waals surface area (Å²) < 4.78 is 8.06. The first-order chi connectivity index (χ1) is 1.00. The summed E-state index contributed by atoms with van der Waals surface area (Å²) >= 11 is 1.69. The van der Waals surface area contributed by atoms with Crippen molar-refractivity contribution in [2.75, 3.05) is 0 Å². The summed E-state index contributed by atoms with van der Waals surface area (Å²) in [5, 5.41) is 0. The predicted molar refractivity (Wildman–Crippen MR) is 0.686 cm³/mol. The van der Waals surface area contributed by atoms with Crippen LogP contribution >= 0.6 is 0 Å². The first kappa shape index (κ1) is 50.8. The first-order valence-corrected chi connectivity index (χ1v) is 0.636. The van der Waals surface area contributed by atoms with Crippen molar-refractivity contribution in [1.29, 1.82) is 0 Å². The van der Waals surface area contributed by atoms with Crippen LogP contribution in [0.5, 0.6) is 0 Å². The molecule has 0 saturated heterocycles. The summed E-state index contributed by atoms with van der Waals surface area (Å²) in [4.78, 5) is 0. The molecule has 2 radical (unpaired) electrons. The second kappa shape index (κ2) is 64.4. The third kappa shape index (κ3) is 49.2. The van der Waals surface area contributed by atoms with Crippen LogP contribution in [0.25, 0.3) is 0 Å². The summed E-state index contributed by atoms with van der Waals surface area (Å²) in [6, 6.07) is 0. The smallest absolute Gasteiger partial charge is 0 e.